The van der Waals surface area contributed by atoms with Crippen LogP contribution < -0.4 is 16.6 Å². The van der Waals surface area contributed by atoms with Gasteiger partial charge in [-0.3, -0.25) is 38.0 Å². The van der Waals surface area contributed by atoms with Crippen LogP contribution in [0.3, 0.4) is 0 Å². The number of phosphoric ester groups is 1. The highest BCUT2D eigenvalue weighted by atomic mass is 31.2. The Labute approximate surface area is 489 Å². The summed E-state index contributed by atoms with van der Waals surface area (Å²) in [6.07, 6.45) is -14.7. The number of nitrogens with two attached hydrogens (primary N) is 1. The normalized spacial score (nSPS) is 30.7. The van der Waals surface area contributed by atoms with E-state index in [0.29, 0.717) is 5.56 Å². The van der Waals surface area contributed by atoms with Crippen molar-refractivity contribution in [3.63, 3.8) is 0 Å². The van der Waals surface area contributed by atoms with Crippen molar-refractivity contribution < 1.29 is 102 Å². The van der Waals surface area contributed by atoms with Crippen molar-refractivity contribution in [2.24, 2.45) is 16.7 Å². The van der Waals surface area contributed by atoms with Gasteiger partial charge >= 0.3 is 31.7 Å². The van der Waals surface area contributed by atoms with E-state index in [1.54, 1.807) is 92.7 Å². The Morgan fingerprint density at radius 1 is 0.884 bits per heavy atom. The Morgan fingerprint density at radius 3 is 2.08 bits per heavy atom. The fourth-order valence-electron chi connectivity index (χ4n) is 12.6. The first-order valence-corrected chi connectivity index (χ1v) is 28.6. The second-order valence-electron chi connectivity index (χ2n) is 22.5. The third-order valence-corrected chi connectivity index (χ3v) is 17.4. The fourth-order valence-corrected chi connectivity index (χ4v) is 12.9. The van der Waals surface area contributed by atoms with Crippen LogP contribution in [-0.2, 0) is 56.7 Å². The molecule has 1 amide bonds. The number of aromatic nitrogens is 4. The molecule has 0 spiro atoms. The minimum Gasteiger partial charge on any atom is -0.456 e. The molecule has 2 bridgehead atoms. The van der Waals surface area contributed by atoms with E-state index in [4.69, 9.17) is 43.9 Å². The van der Waals surface area contributed by atoms with E-state index in [-0.39, 0.29) is 52.4 Å². The first kappa shape index (κ1) is 62.9. The van der Waals surface area contributed by atoms with Gasteiger partial charge in [0.05, 0.1) is 48.6 Å². The first-order chi connectivity index (χ1) is 40.4. The average Bonchev–Trinajstić information content (AvgIpc) is 0.774. The van der Waals surface area contributed by atoms with Crippen LogP contribution in [0.1, 0.15) is 92.9 Å². The molecule has 5 aliphatic rings. The number of aliphatic hydroxyl groups excluding tert-OH is 4. The van der Waals surface area contributed by atoms with E-state index < -0.39 is 157 Å². The molecular formula is C57H65N6O22P. The number of nitrogens with zero attached hydrogens (tertiary/aromatic N) is 3. The molecule has 4 heterocycles. The van der Waals surface area contributed by atoms with Crippen molar-refractivity contribution in [1.29, 1.82) is 0 Å². The third-order valence-electron chi connectivity index (χ3n) is 16.9. The lowest BCUT2D eigenvalue weighted by Crippen LogP contribution is -2.82. The number of nitrogens with one attached hydrogen (secondary N) is 2. The number of imidazole rings is 1. The largest absolute Gasteiger partial charge is 0.469 e. The summed E-state index contributed by atoms with van der Waals surface area (Å²) in [6, 6.07) is 22.9. The summed E-state index contributed by atoms with van der Waals surface area (Å²) in [5.41, 5.74) is -2.18. The number of fused-ring (bicyclic) bond motifs is 6. The molecule has 29 heteroatoms. The smallest absolute Gasteiger partial charge is 0.456 e. The summed E-state index contributed by atoms with van der Waals surface area (Å²) < 4.78 is 51.8. The minimum absolute atomic E-state index is 0.00289. The molecule has 86 heavy (non-hydrogen) atoms. The predicted octanol–water partition coefficient (Wildman–Crippen LogP) is 1.17. The molecule has 0 unspecified atom stereocenters. The average molecular weight is 1220 g/mol. The lowest BCUT2D eigenvalue weighted by molar-refractivity contribution is -0.346. The molecule has 2 aromatic heterocycles. The summed E-state index contributed by atoms with van der Waals surface area (Å²) in [5.74, 6) is -7.02. The molecule has 4 fully saturated rings. The number of rotatable bonds is 14. The first-order valence-electron chi connectivity index (χ1n) is 27.1. The number of phosphoric acid groups is 1. The van der Waals surface area contributed by atoms with Crippen LogP contribution in [0.2, 0.25) is 0 Å². The second kappa shape index (κ2) is 23.9. The zero-order valence-electron chi connectivity index (χ0n) is 47.1. The van der Waals surface area contributed by atoms with Crippen molar-refractivity contribution >= 4 is 60.5 Å². The molecule has 3 aromatic carbocycles. The molecule has 2 saturated heterocycles. The van der Waals surface area contributed by atoms with Gasteiger partial charge in [0.1, 0.15) is 42.2 Å². The van der Waals surface area contributed by atoms with Crippen LogP contribution in [0.5, 0.6) is 0 Å². The van der Waals surface area contributed by atoms with E-state index in [9.17, 15) is 58.9 Å². The summed E-state index contributed by atoms with van der Waals surface area (Å²) >= 11 is 0. The van der Waals surface area contributed by atoms with E-state index in [2.05, 4.69) is 24.8 Å². The molecule has 460 valence electrons. The van der Waals surface area contributed by atoms with E-state index in [0.717, 1.165) is 13.8 Å². The van der Waals surface area contributed by atoms with Gasteiger partial charge < -0.3 is 74.8 Å². The van der Waals surface area contributed by atoms with Gasteiger partial charge in [-0.15, -0.1) is 0 Å². The quantitative estimate of drug-likeness (QED) is 0.0323. The van der Waals surface area contributed by atoms with Crippen LogP contribution in [0.4, 0.5) is 5.95 Å². The Hall–Kier alpha value is -7.60. The highest BCUT2D eigenvalue weighted by molar-refractivity contribution is 7.46. The van der Waals surface area contributed by atoms with Gasteiger partial charge in [-0.25, -0.2) is 19.1 Å². The number of nitrogen functional groups attached to an aromatic ring is 1. The van der Waals surface area contributed by atoms with Crippen molar-refractivity contribution in [3.05, 3.63) is 136 Å². The number of esters is 4. The van der Waals surface area contributed by atoms with E-state index >= 15 is 4.79 Å². The Morgan fingerprint density at radius 2 is 1.50 bits per heavy atom. The second-order valence-corrected chi connectivity index (χ2v) is 23.7. The van der Waals surface area contributed by atoms with E-state index in [1.165, 1.54) is 36.9 Å². The molecule has 3 aliphatic carbocycles. The highest BCUT2D eigenvalue weighted by Gasteiger charge is 2.78. The Kier molecular flexibility index (Phi) is 17.5. The Balaban J connectivity index is 0.000000306. The van der Waals surface area contributed by atoms with Gasteiger partial charge in [-0.05, 0) is 54.8 Å². The van der Waals surface area contributed by atoms with Gasteiger partial charge in [0, 0.05) is 37.7 Å². The van der Waals surface area contributed by atoms with Gasteiger partial charge in [-0.2, -0.15) is 4.98 Å². The third kappa shape index (κ3) is 11.5. The van der Waals surface area contributed by atoms with Crippen molar-refractivity contribution in [3.8, 4) is 0 Å². The van der Waals surface area contributed by atoms with Crippen LogP contribution >= 0.6 is 7.82 Å². The molecule has 11 N–H and O–H groups in total. The summed E-state index contributed by atoms with van der Waals surface area (Å²) in [7, 11) is -4.76. The van der Waals surface area contributed by atoms with Crippen LogP contribution in [0.25, 0.3) is 11.2 Å². The number of aliphatic hydroxyl groups is 5. The summed E-state index contributed by atoms with van der Waals surface area (Å²) in [4.78, 5) is 123. The summed E-state index contributed by atoms with van der Waals surface area (Å²) in [5, 5.41) is 60.3. The molecule has 10 rings (SSSR count). The molecule has 15 atom stereocenters. The van der Waals surface area contributed by atoms with Crippen molar-refractivity contribution in [2.45, 2.75) is 133 Å². The molecule has 0 radical (unpaired) electrons. The maximum Gasteiger partial charge on any atom is 0.469 e. The molecular weight excluding hydrogens is 1150 g/mol. The monoisotopic (exact) mass is 1220 g/mol. The highest BCUT2D eigenvalue weighted by Crippen LogP contribution is 2.64. The number of carbonyl (C=O) groups excluding carboxylic acids is 6. The maximum absolute atomic E-state index is 15.5. The number of H-pyrrole nitrogens is 1. The van der Waals surface area contributed by atoms with Gasteiger partial charge in [0.25, 0.3) is 11.5 Å². The number of Topliss-reactive ketones (excluding diaryl/α,β-unsaturated/α-hetero) is 1. The number of hydrogen-bond donors (Lipinski definition) is 10. The zero-order chi connectivity index (χ0) is 62.6. The summed E-state index contributed by atoms with van der Waals surface area (Å²) in [6.45, 7) is 7.32. The SMILES string of the molecule is CC(=O)O[C@H]1C(=O)[C@@]2(C)[C@H]([C@H](OC(=O)c3ccccc3)[C@]3(O)C[C@H](OC(=O)[C@H](O)[C@@H](NC(=O)c4ccccc4)c4ccccc4)C(C)=C1C3(C)C)[C@]1(OC(C)=O)CO[C@@H]1C[C@@H]2O.Nc1nc2c(ncn2[C@@H]2O[C@H](COP(=O)(O)O)[C@@H](O)[C@H]2O)c(=O)[nH]1. The Bertz CT molecular complexity index is 3560. The number of aromatic amines is 1. The number of carbonyl (C=O) groups is 6. The lowest BCUT2D eigenvalue weighted by atomic mass is 9.44. The maximum atomic E-state index is 15.5. The van der Waals surface area contributed by atoms with Crippen molar-refractivity contribution in [1.82, 2.24) is 24.8 Å². The number of amides is 1. The van der Waals surface area contributed by atoms with Gasteiger partial charge in [-0.1, -0.05) is 80.6 Å². The number of hydrogen-bond acceptors (Lipinski definition) is 23. The standard InChI is InChI=1S/C47H51NO14.C10H14N5O8P/c1-25-31(60-43(56)36(52)35(28-16-10-7-11-17-28)48-41(54)29-18-12-8-13-19-29)23-47(57)40(61-42(55)30-20-14-9-15-21-30)38-45(6,32(51)22-33-46(38,24-58-33)62-27(3)50)39(53)37(59-26(2)49)34(25)44(47,4)5;11-10-13-7-4(8(18)14-10)12-2-15(7)9-6(17)5(16)3(23-9)1-22-24(19,20)21/h7-21,31-33,35-38,40,51-52,57H,22-24H2,1-6H3,(H,48,54);2-3,5-6,9,16-17H,1H2,(H2,19,20,21)(H3,11,13,14,18)/t31-,32-,33+,35-,36+,37+,38-,40-,45+,46-,47+;3-,5-,6-,9-/m01/s1. The fraction of sp³-hybridized carbons (Fsp3) is 0.456. The minimum atomic E-state index is -4.76. The van der Waals surface area contributed by atoms with Gasteiger partial charge in [0.15, 0.2) is 41.0 Å². The molecule has 5 aromatic rings. The van der Waals surface area contributed by atoms with Crippen LogP contribution in [-0.4, -0.2) is 170 Å². The number of ether oxygens (including phenoxy) is 6. The van der Waals surface area contributed by atoms with Gasteiger partial charge in [0.2, 0.25) is 5.95 Å². The molecule has 2 saturated carbocycles. The number of ketones is 1. The molecule has 2 aliphatic heterocycles. The van der Waals surface area contributed by atoms with E-state index in [1.807, 2.05) is 0 Å². The van der Waals surface area contributed by atoms with Crippen molar-refractivity contribution in [2.75, 3.05) is 18.9 Å². The predicted molar refractivity (Wildman–Crippen MR) is 294 cm³/mol. The van der Waals surface area contributed by atoms with Crippen LogP contribution in [0.15, 0.2) is 113 Å². The molecule has 28 nitrogen and oxygen atoms in total. The zero-order valence-corrected chi connectivity index (χ0v) is 48.0. The topological polar surface area (TPSA) is 427 Å². The number of anilines is 1. The number of benzene rings is 3. The van der Waals surface area contributed by atoms with Crippen LogP contribution in [0, 0.1) is 16.7 Å². The lowest BCUT2D eigenvalue weighted by Gasteiger charge is -2.67.